The maximum atomic E-state index is 13.1. The van der Waals surface area contributed by atoms with Crippen LogP contribution in [0.4, 0.5) is 0 Å². The molecule has 1 amide bonds. The van der Waals surface area contributed by atoms with Crippen LogP contribution in [0.15, 0.2) is 23.4 Å². The van der Waals surface area contributed by atoms with Crippen molar-refractivity contribution >= 4 is 15.9 Å². The Morgan fingerprint density at radius 2 is 2.00 bits per heavy atom. The molecule has 0 radical (unpaired) electrons. The Morgan fingerprint density at radius 3 is 2.62 bits per heavy atom. The summed E-state index contributed by atoms with van der Waals surface area (Å²) in [6.07, 6.45) is 4.77. The number of rotatable bonds is 7. The highest BCUT2D eigenvalue weighted by atomic mass is 32.2. The van der Waals surface area contributed by atoms with E-state index in [0.29, 0.717) is 31.6 Å². The first-order valence-corrected chi connectivity index (χ1v) is 11.6. The smallest absolute Gasteiger partial charge is 0.246 e. The van der Waals surface area contributed by atoms with Crippen LogP contribution in [-0.4, -0.2) is 51.3 Å². The fourth-order valence-electron chi connectivity index (χ4n) is 3.62. The lowest BCUT2D eigenvalue weighted by Gasteiger charge is -2.31. The van der Waals surface area contributed by atoms with E-state index in [2.05, 4.69) is 15.5 Å². The van der Waals surface area contributed by atoms with Crippen molar-refractivity contribution in [3.8, 4) is 0 Å². The predicted molar refractivity (Wildman–Crippen MR) is 109 cm³/mol. The average molecular weight is 423 g/mol. The van der Waals surface area contributed by atoms with Gasteiger partial charge < -0.3 is 5.32 Å². The zero-order chi connectivity index (χ0) is 21.2. The van der Waals surface area contributed by atoms with Crippen molar-refractivity contribution in [2.45, 2.75) is 64.6 Å². The van der Waals surface area contributed by atoms with Crippen LogP contribution in [0.1, 0.15) is 51.0 Å². The Morgan fingerprint density at radius 1 is 1.28 bits per heavy atom. The summed E-state index contributed by atoms with van der Waals surface area (Å²) in [5, 5.41) is 11.7. The van der Waals surface area contributed by atoms with E-state index >= 15 is 0 Å². The molecule has 160 valence electrons. The van der Waals surface area contributed by atoms with Crippen molar-refractivity contribution in [1.29, 1.82) is 0 Å². The minimum Gasteiger partial charge on any atom is -0.348 e. The first-order valence-electron chi connectivity index (χ1n) is 10.1. The van der Waals surface area contributed by atoms with E-state index in [1.54, 1.807) is 17.8 Å². The van der Waals surface area contributed by atoms with Crippen LogP contribution < -0.4 is 5.32 Å². The zero-order valence-corrected chi connectivity index (χ0v) is 18.3. The molecule has 1 fully saturated rings. The molecule has 0 spiro atoms. The molecule has 0 unspecified atom stereocenters. The number of aromatic nitrogens is 4. The van der Waals surface area contributed by atoms with E-state index in [-0.39, 0.29) is 29.3 Å². The second-order valence-electron chi connectivity index (χ2n) is 7.46. The highest BCUT2D eigenvalue weighted by Gasteiger charge is 2.35. The summed E-state index contributed by atoms with van der Waals surface area (Å²) < 4.78 is 31.1. The summed E-state index contributed by atoms with van der Waals surface area (Å²) >= 11 is 0. The topological polar surface area (TPSA) is 102 Å². The molecular formula is C19H30N6O3S. The second-order valence-corrected chi connectivity index (χ2v) is 9.37. The van der Waals surface area contributed by atoms with Gasteiger partial charge in [-0.25, -0.2) is 8.42 Å². The van der Waals surface area contributed by atoms with Crippen LogP contribution in [0.3, 0.4) is 0 Å². The largest absolute Gasteiger partial charge is 0.348 e. The van der Waals surface area contributed by atoms with Crippen molar-refractivity contribution in [2.24, 2.45) is 5.92 Å². The normalized spacial score (nSPS) is 19.2. The molecule has 3 heterocycles. The van der Waals surface area contributed by atoms with Gasteiger partial charge in [-0.3, -0.25) is 14.2 Å². The number of amides is 1. The SMILES string of the molecule is CCn1ccc([C@@H](C)NC(=O)[C@@H]2CCCN(S(=O)(=O)c3cn(CC)nc3C)C2)n1. The van der Waals surface area contributed by atoms with Crippen LogP contribution in [0.5, 0.6) is 0 Å². The molecule has 3 rings (SSSR count). The van der Waals surface area contributed by atoms with Crippen LogP contribution >= 0.6 is 0 Å². The van der Waals surface area contributed by atoms with E-state index in [0.717, 1.165) is 12.2 Å². The summed E-state index contributed by atoms with van der Waals surface area (Å²) in [6.45, 7) is 9.47. The molecule has 2 atom stereocenters. The number of aryl methyl sites for hydroxylation is 3. The lowest BCUT2D eigenvalue weighted by molar-refractivity contribution is -0.126. The number of piperidine rings is 1. The standard InChI is InChI=1S/C19H30N6O3S/c1-5-23-11-9-17(22-23)14(3)20-19(26)16-8-7-10-25(12-16)29(27,28)18-13-24(6-2)21-15(18)4/h9,11,13-14,16H,5-8,10,12H2,1-4H3,(H,20,26)/t14-,16-/m1/s1. The molecular weight excluding hydrogens is 392 g/mol. The maximum Gasteiger partial charge on any atom is 0.246 e. The molecule has 29 heavy (non-hydrogen) atoms. The van der Waals surface area contributed by atoms with Gasteiger partial charge in [0.25, 0.3) is 0 Å². The van der Waals surface area contributed by atoms with E-state index in [9.17, 15) is 13.2 Å². The van der Waals surface area contributed by atoms with Gasteiger partial charge >= 0.3 is 0 Å². The van der Waals surface area contributed by atoms with Crippen LogP contribution in [0.25, 0.3) is 0 Å². The molecule has 1 aliphatic heterocycles. The average Bonchev–Trinajstić information content (AvgIpc) is 3.34. The third-order valence-corrected chi connectivity index (χ3v) is 7.35. The van der Waals surface area contributed by atoms with Crippen LogP contribution in [0, 0.1) is 12.8 Å². The zero-order valence-electron chi connectivity index (χ0n) is 17.5. The van der Waals surface area contributed by atoms with Gasteiger partial charge in [0.1, 0.15) is 4.90 Å². The Bertz CT molecular complexity index is 965. The molecule has 1 saturated heterocycles. The third-order valence-electron chi connectivity index (χ3n) is 5.39. The van der Waals surface area contributed by atoms with Gasteiger partial charge in [0.15, 0.2) is 0 Å². The van der Waals surface area contributed by atoms with Gasteiger partial charge in [0.2, 0.25) is 15.9 Å². The van der Waals surface area contributed by atoms with Gasteiger partial charge in [-0.05, 0) is 46.6 Å². The third kappa shape index (κ3) is 4.53. The Balaban J connectivity index is 1.69. The molecule has 0 bridgehead atoms. The number of carbonyl (C=O) groups excluding carboxylic acids is 1. The van der Waals surface area contributed by atoms with Crippen LogP contribution in [-0.2, 0) is 27.9 Å². The number of hydrogen-bond acceptors (Lipinski definition) is 5. The number of carbonyl (C=O) groups is 1. The molecule has 10 heteroatoms. The first kappa shape index (κ1) is 21.5. The van der Waals surface area contributed by atoms with E-state index in [4.69, 9.17) is 0 Å². The lowest BCUT2D eigenvalue weighted by atomic mass is 9.98. The lowest BCUT2D eigenvalue weighted by Crippen LogP contribution is -2.45. The first-order chi connectivity index (χ1) is 13.8. The van der Waals surface area contributed by atoms with Gasteiger partial charge in [-0.1, -0.05) is 0 Å². The summed E-state index contributed by atoms with van der Waals surface area (Å²) in [6, 6.07) is 1.66. The van der Waals surface area contributed by atoms with Gasteiger partial charge in [0, 0.05) is 38.6 Å². The minimum absolute atomic E-state index is 0.135. The maximum absolute atomic E-state index is 13.1. The Labute approximate surface area is 172 Å². The quantitative estimate of drug-likeness (QED) is 0.732. The molecule has 1 N–H and O–H groups in total. The number of nitrogens with zero attached hydrogens (tertiary/aromatic N) is 5. The summed E-state index contributed by atoms with van der Waals surface area (Å²) in [7, 11) is -3.67. The Hall–Kier alpha value is -2.20. The van der Waals surface area contributed by atoms with Crippen LogP contribution in [0.2, 0.25) is 0 Å². The van der Waals surface area contributed by atoms with Crippen molar-refractivity contribution in [3.63, 3.8) is 0 Å². The van der Waals surface area contributed by atoms with E-state index in [1.165, 1.54) is 4.31 Å². The summed E-state index contributed by atoms with van der Waals surface area (Å²) in [5.41, 5.74) is 1.28. The predicted octanol–water partition coefficient (Wildman–Crippen LogP) is 1.71. The Kier molecular flexibility index (Phi) is 6.42. The highest BCUT2D eigenvalue weighted by Crippen LogP contribution is 2.26. The molecule has 0 aliphatic carbocycles. The van der Waals surface area contributed by atoms with Gasteiger partial charge in [-0.2, -0.15) is 14.5 Å². The van der Waals surface area contributed by atoms with Crippen molar-refractivity contribution in [1.82, 2.24) is 29.2 Å². The van der Waals surface area contributed by atoms with E-state index in [1.807, 2.05) is 37.7 Å². The molecule has 9 nitrogen and oxygen atoms in total. The summed E-state index contributed by atoms with van der Waals surface area (Å²) in [4.78, 5) is 13.0. The molecule has 1 aliphatic rings. The summed E-state index contributed by atoms with van der Waals surface area (Å²) in [5.74, 6) is -0.514. The van der Waals surface area contributed by atoms with Gasteiger partial charge in [0.05, 0.1) is 23.3 Å². The van der Waals surface area contributed by atoms with E-state index < -0.39 is 10.0 Å². The second kappa shape index (κ2) is 8.66. The molecule has 2 aromatic rings. The van der Waals surface area contributed by atoms with Crippen molar-refractivity contribution < 1.29 is 13.2 Å². The molecule has 0 aromatic carbocycles. The number of nitrogens with one attached hydrogen (secondary N) is 1. The fourth-order valence-corrected chi connectivity index (χ4v) is 5.31. The monoisotopic (exact) mass is 422 g/mol. The molecule has 0 saturated carbocycles. The van der Waals surface area contributed by atoms with Gasteiger partial charge in [-0.15, -0.1) is 0 Å². The minimum atomic E-state index is -3.67. The fraction of sp³-hybridized carbons (Fsp3) is 0.632. The highest BCUT2D eigenvalue weighted by molar-refractivity contribution is 7.89. The molecule has 2 aromatic heterocycles. The van der Waals surface area contributed by atoms with Crippen molar-refractivity contribution in [2.75, 3.05) is 13.1 Å². The number of hydrogen-bond donors (Lipinski definition) is 1. The van der Waals surface area contributed by atoms with Crippen molar-refractivity contribution in [3.05, 3.63) is 29.8 Å². The number of sulfonamides is 1.